The number of halogens is 1. The van der Waals surface area contributed by atoms with E-state index in [9.17, 15) is 4.79 Å². The molecule has 2 amide bonds. The lowest BCUT2D eigenvalue weighted by Gasteiger charge is -2.08. The van der Waals surface area contributed by atoms with Crippen LogP contribution in [0.3, 0.4) is 0 Å². The second kappa shape index (κ2) is 7.73. The molecule has 0 radical (unpaired) electrons. The van der Waals surface area contributed by atoms with Crippen molar-refractivity contribution in [1.82, 2.24) is 29.4 Å². The predicted octanol–water partition coefficient (Wildman–Crippen LogP) is 4.44. The molecule has 4 heterocycles. The van der Waals surface area contributed by atoms with Crippen molar-refractivity contribution in [3.05, 3.63) is 53.9 Å². The minimum atomic E-state index is -0.487. The van der Waals surface area contributed by atoms with Gasteiger partial charge in [0.1, 0.15) is 0 Å². The number of hydrogen-bond donors (Lipinski definition) is 2. The number of urea groups is 1. The lowest BCUT2D eigenvalue weighted by atomic mass is 10.3. The van der Waals surface area contributed by atoms with Gasteiger partial charge in [-0.3, -0.25) is 10.00 Å². The van der Waals surface area contributed by atoms with Gasteiger partial charge in [0.05, 0.1) is 11.6 Å². The molecule has 5 aromatic rings. The SMILES string of the molecule is CCCn1cc2c(nc(NC(=O)Nc3ccc(Cl)cc3)n3nc(-c4ccco4)nc23)n1. The highest BCUT2D eigenvalue weighted by atomic mass is 35.5. The summed E-state index contributed by atoms with van der Waals surface area (Å²) in [6.07, 6.45) is 4.34. The van der Waals surface area contributed by atoms with E-state index in [2.05, 4.69) is 37.7 Å². The normalized spacial score (nSPS) is 11.3. The van der Waals surface area contributed by atoms with Crippen molar-refractivity contribution in [2.75, 3.05) is 10.6 Å². The zero-order valence-electron chi connectivity index (χ0n) is 16.4. The molecule has 0 aliphatic heterocycles. The monoisotopic (exact) mass is 436 g/mol. The molecule has 5 rings (SSSR count). The van der Waals surface area contributed by atoms with Crippen LogP contribution >= 0.6 is 11.6 Å². The molecule has 10 nitrogen and oxygen atoms in total. The highest BCUT2D eigenvalue weighted by Gasteiger charge is 2.19. The Morgan fingerprint density at radius 2 is 1.97 bits per heavy atom. The fraction of sp³-hybridized carbons (Fsp3) is 0.150. The van der Waals surface area contributed by atoms with Crippen LogP contribution in [0.15, 0.2) is 53.3 Å². The summed E-state index contributed by atoms with van der Waals surface area (Å²) in [5, 5.41) is 15.8. The first-order valence-electron chi connectivity index (χ1n) is 9.62. The minimum absolute atomic E-state index is 0.181. The Kier molecular flexibility index (Phi) is 4.75. The van der Waals surface area contributed by atoms with Gasteiger partial charge in [0.25, 0.3) is 0 Å². The number of aryl methyl sites for hydroxylation is 1. The van der Waals surface area contributed by atoms with Crippen LogP contribution in [0.4, 0.5) is 16.4 Å². The first kappa shape index (κ1) is 19.1. The van der Waals surface area contributed by atoms with Crippen LogP contribution in [0.2, 0.25) is 5.02 Å². The van der Waals surface area contributed by atoms with Gasteiger partial charge >= 0.3 is 6.03 Å². The van der Waals surface area contributed by atoms with Gasteiger partial charge < -0.3 is 9.73 Å². The maximum atomic E-state index is 12.6. The number of furan rings is 1. The summed E-state index contributed by atoms with van der Waals surface area (Å²) >= 11 is 5.89. The third-order valence-electron chi connectivity index (χ3n) is 4.52. The second-order valence-electron chi connectivity index (χ2n) is 6.80. The third-order valence-corrected chi connectivity index (χ3v) is 4.78. The molecule has 0 saturated heterocycles. The third kappa shape index (κ3) is 3.68. The summed E-state index contributed by atoms with van der Waals surface area (Å²) in [5.74, 6) is 1.07. The molecule has 0 aliphatic rings. The predicted molar refractivity (Wildman–Crippen MR) is 116 cm³/mol. The zero-order chi connectivity index (χ0) is 21.4. The fourth-order valence-electron chi connectivity index (χ4n) is 3.17. The smallest absolute Gasteiger partial charge is 0.326 e. The lowest BCUT2D eigenvalue weighted by molar-refractivity contribution is 0.262. The molecule has 156 valence electrons. The van der Waals surface area contributed by atoms with E-state index in [1.165, 1.54) is 4.52 Å². The van der Waals surface area contributed by atoms with E-state index in [0.29, 0.717) is 33.6 Å². The van der Waals surface area contributed by atoms with E-state index in [-0.39, 0.29) is 5.95 Å². The molecular formula is C20H17ClN8O2. The van der Waals surface area contributed by atoms with Crippen LogP contribution in [0, 0.1) is 0 Å². The standard InChI is InChI=1S/C20H17ClN8O2/c1-2-9-28-11-14-16(26-28)24-19(25-20(30)22-13-7-5-12(21)6-8-13)29-18(14)23-17(27-29)15-4-3-10-31-15/h3-8,10-11H,2,9H2,1H3,(H2,22,24,25,26,30). The van der Waals surface area contributed by atoms with Gasteiger partial charge in [-0.1, -0.05) is 18.5 Å². The molecule has 0 bridgehead atoms. The van der Waals surface area contributed by atoms with E-state index in [1.807, 2.05) is 6.20 Å². The second-order valence-corrected chi connectivity index (χ2v) is 7.24. The number of amides is 2. The number of aromatic nitrogens is 6. The van der Waals surface area contributed by atoms with Gasteiger partial charge in [0.15, 0.2) is 17.1 Å². The van der Waals surface area contributed by atoms with Gasteiger partial charge in [0, 0.05) is 23.5 Å². The van der Waals surface area contributed by atoms with Crippen LogP contribution in [0.25, 0.3) is 28.3 Å². The summed E-state index contributed by atoms with van der Waals surface area (Å²) in [6.45, 7) is 2.80. The molecule has 31 heavy (non-hydrogen) atoms. The number of carbonyl (C=O) groups is 1. The number of benzene rings is 1. The van der Waals surface area contributed by atoms with E-state index >= 15 is 0 Å². The van der Waals surface area contributed by atoms with Gasteiger partial charge in [0.2, 0.25) is 11.8 Å². The fourth-order valence-corrected chi connectivity index (χ4v) is 3.29. The summed E-state index contributed by atoms with van der Waals surface area (Å²) in [4.78, 5) is 21.7. The van der Waals surface area contributed by atoms with Gasteiger partial charge in [-0.2, -0.15) is 14.6 Å². The van der Waals surface area contributed by atoms with Crippen molar-refractivity contribution in [2.45, 2.75) is 19.9 Å². The van der Waals surface area contributed by atoms with Crippen LogP contribution in [-0.4, -0.2) is 35.4 Å². The Hall–Kier alpha value is -3.92. The van der Waals surface area contributed by atoms with Crippen LogP contribution in [-0.2, 0) is 6.54 Å². The molecule has 2 N–H and O–H groups in total. The molecule has 0 spiro atoms. The van der Waals surface area contributed by atoms with Crippen molar-refractivity contribution >= 4 is 45.9 Å². The van der Waals surface area contributed by atoms with Crippen LogP contribution < -0.4 is 10.6 Å². The van der Waals surface area contributed by atoms with Crippen molar-refractivity contribution in [3.8, 4) is 11.6 Å². The Labute approximate surface area is 180 Å². The number of rotatable bonds is 5. The van der Waals surface area contributed by atoms with Crippen molar-refractivity contribution < 1.29 is 9.21 Å². The number of hydrogen-bond acceptors (Lipinski definition) is 6. The molecule has 11 heteroatoms. The topological polar surface area (TPSA) is 115 Å². The molecule has 0 fully saturated rings. The maximum Gasteiger partial charge on any atom is 0.326 e. The van der Waals surface area contributed by atoms with E-state index in [1.54, 1.807) is 47.3 Å². The van der Waals surface area contributed by atoms with Crippen molar-refractivity contribution in [1.29, 1.82) is 0 Å². The average molecular weight is 437 g/mol. The van der Waals surface area contributed by atoms with Crippen LogP contribution in [0.5, 0.6) is 0 Å². The highest BCUT2D eigenvalue weighted by Crippen LogP contribution is 2.24. The Morgan fingerprint density at radius 1 is 1.13 bits per heavy atom. The molecule has 0 saturated carbocycles. The number of nitrogens with one attached hydrogen (secondary N) is 2. The number of carbonyl (C=O) groups excluding carboxylic acids is 1. The summed E-state index contributed by atoms with van der Waals surface area (Å²) < 4.78 is 8.70. The summed E-state index contributed by atoms with van der Waals surface area (Å²) in [6, 6.07) is 9.81. The molecule has 0 unspecified atom stereocenters. The largest absolute Gasteiger partial charge is 0.461 e. The van der Waals surface area contributed by atoms with E-state index < -0.39 is 6.03 Å². The molecule has 0 atom stereocenters. The highest BCUT2D eigenvalue weighted by molar-refractivity contribution is 6.30. The lowest BCUT2D eigenvalue weighted by Crippen LogP contribution is -2.22. The zero-order valence-corrected chi connectivity index (χ0v) is 17.2. The Bertz CT molecular complexity index is 1370. The summed E-state index contributed by atoms with van der Waals surface area (Å²) in [5.41, 5.74) is 1.56. The van der Waals surface area contributed by atoms with Gasteiger partial charge in [-0.15, -0.1) is 5.10 Å². The van der Waals surface area contributed by atoms with Crippen LogP contribution in [0.1, 0.15) is 13.3 Å². The molecule has 4 aromatic heterocycles. The van der Waals surface area contributed by atoms with Crippen molar-refractivity contribution in [3.63, 3.8) is 0 Å². The van der Waals surface area contributed by atoms with E-state index in [4.69, 9.17) is 16.0 Å². The van der Waals surface area contributed by atoms with Crippen molar-refractivity contribution in [2.24, 2.45) is 0 Å². The Morgan fingerprint density at radius 3 is 2.71 bits per heavy atom. The number of anilines is 2. The van der Waals surface area contributed by atoms with E-state index in [0.717, 1.165) is 18.4 Å². The van der Waals surface area contributed by atoms with Gasteiger partial charge in [-0.05, 0) is 42.8 Å². The molecule has 0 aliphatic carbocycles. The Balaban J connectivity index is 1.56. The average Bonchev–Trinajstić information content (AvgIpc) is 3.48. The first-order valence-corrected chi connectivity index (χ1v) is 10.00. The maximum absolute atomic E-state index is 12.6. The minimum Gasteiger partial charge on any atom is -0.461 e. The number of nitrogens with zero attached hydrogens (tertiary/aromatic N) is 6. The number of fused-ring (bicyclic) bond motifs is 3. The summed E-state index contributed by atoms with van der Waals surface area (Å²) in [7, 11) is 0. The van der Waals surface area contributed by atoms with Gasteiger partial charge in [-0.25, -0.2) is 9.78 Å². The quantitative estimate of drug-likeness (QED) is 0.420. The molecular weight excluding hydrogens is 420 g/mol. The molecule has 1 aromatic carbocycles. The first-order chi connectivity index (χ1) is 15.1.